The minimum Gasteiger partial charge on any atom is -0.379 e. The van der Waals surface area contributed by atoms with E-state index in [1.165, 1.54) is 12.1 Å². The maximum Gasteiger partial charge on any atom is 0.416 e. The summed E-state index contributed by atoms with van der Waals surface area (Å²) in [6.07, 6.45) is -4.41. The number of hydrogen-bond acceptors (Lipinski definition) is 4. The topological polar surface area (TPSA) is 41.6 Å². The number of nitrogens with one attached hydrogen (secondary N) is 1. The summed E-state index contributed by atoms with van der Waals surface area (Å²) >= 11 is 1.59. The highest BCUT2D eigenvalue weighted by atomic mass is 32.1. The molecule has 0 unspecified atom stereocenters. The van der Waals surface area contributed by atoms with Crippen LogP contribution in [0.3, 0.4) is 0 Å². The quantitative estimate of drug-likeness (QED) is 0.857. The standard InChI is InChI=1S/C18H19F3N2O2S/c19-18(20,21)15-3-1-13(2-4-15)17(24)22-11-16(14-5-10-26-12-14)23-6-8-25-9-7-23/h1-5,10,12,16H,6-9,11H2,(H,22,24)/t16-/m0/s1. The Kier molecular flexibility index (Phi) is 5.95. The number of thiophene rings is 1. The number of halogens is 3. The lowest BCUT2D eigenvalue weighted by Crippen LogP contribution is -2.43. The summed E-state index contributed by atoms with van der Waals surface area (Å²) in [6, 6.07) is 6.29. The van der Waals surface area contributed by atoms with E-state index in [1.54, 1.807) is 11.3 Å². The maximum atomic E-state index is 12.6. The molecule has 0 radical (unpaired) electrons. The number of ether oxygens (including phenoxy) is 1. The van der Waals surface area contributed by atoms with Gasteiger partial charge in [0.15, 0.2) is 0 Å². The monoisotopic (exact) mass is 384 g/mol. The first-order valence-corrected chi connectivity index (χ1v) is 9.19. The van der Waals surface area contributed by atoms with Gasteiger partial charge in [-0.25, -0.2) is 0 Å². The van der Waals surface area contributed by atoms with Gasteiger partial charge in [-0.15, -0.1) is 0 Å². The molecule has 1 atom stereocenters. The number of rotatable bonds is 5. The molecule has 0 bridgehead atoms. The van der Waals surface area contributed by atoms with Gasteiger partial charge in [-0.1, -0.05) is 0 Å². The van der Waals surface area contributed by atoms with Crippen molar-refractivity contribution in [1.82, 2.24) is 10.2 Å². The number of hydrogen-bond donors (Lipinski definition) is 1. The molecule has 1 aliphatic heterocycles. The lowest BCUT2D eigenvalue weighted by atomic mass is 10.1. The Morgan fingerprint density at radius 3 is 2.46 bits per heavy atom. The zero-order chi connectivity index (χ0) is 18.6. The SMILES string of the molecule is O=C(NC[C@@H](c1ccsc1)N1CCOCC1)c1ccc(C(F)(F)F)cc1. The van der Waals surface area contributed by atoms with Crippen LogP contribution in [0, 0.1) is 0 Å². The summed E-state index contributed by atoms with van der Waals surface area (Å²) in [5, 5.41) is 6.88. The molecule has 0 saturated carbocycles. The van der Waals surface area contributed by atoms with Crippen molar-refractivity contribution in [3.8, 4) is 0 Å². The molecular weight excluding hydrogens is 365 g/mol. The number of morpholine rings is 1. The smallest absolute Gasteiger partial charge is 0.379 e. The number of alkyl halides is 3. The molecule has 4 nitrogen and oxygen atoms in total. The largest absolute Gasteiger partial charge is 0.416 e. The van der Waals surface area contributed by atoms with E-state index in [2.05, 4.69) is 10.2 Å². The van der Waals surface area contributed by atoms with Crippen LogP contribution in [0.2, 0.25) is 0 Å². The van der Waals surface area contributed by atoms with E-state index in [9.17, 15) is 18.0 Å². The Balaban J connectivity index is 1.65. The fourth-order valence-corrected chi connectivity index (χ4v) is 3.62. The van der Waals surface area contributed by atoms with E-state index in [0.717, 1.165) is 30.8 Å². The van der Waals surface area contributed by atoms with Crippen LogP contribution in [-0.4, -0.2) is 43.7 Å². The number of carbonyl (C=O) groups is 1. The molecular formula is C18H19F3N2O2S. The summed E-state index contributed by atoms with van der Waals surface area (Å²) in [5.41, 5.74) is 0.562. The molecule has 26 heavy (non-hydrogen) atoms. The van der Waals surface area contributed by atoms with Gasteiger partial charge >= 0.3 is 6.18 Å². The Bertz CT molecular complexity index is 711. The first kappa shape index (κ1) is 18.9. The highest BCUT2D eigenvalue weighted by molar-refractivity contribution is 7.07. The highest BCUT2D eigenvalue weighted by Crippen LogP contribution is 2.29. The van der Waals surface area contributed by atoms with Crippen LogP contribution in [-0.2, 0) is 10.9 Å². The molecule has 2 heterocycles. The second kappa shape index (κ2) is 8.20. The van der Waals surface area contributed by atoms with Gasteiger partial charge in [0.2, 0.25) is 0 Å². The average Bonchev–Trinajstić information content (AvgIpc) is 3.16. The predicted octanol–water partition coefficient (Wildman–Crippen LogP) is 3.57. The molecule has 8 heteroatoms. The summed E-state index contributed by atoms with van der Waals surface area (Å²) in [6.45, 7) is 3.23. The molecule has 1 amide bonds. The van der Waals surface area contributed by atoms with E-state index in [0.29, 0.717) is 19.8 Å². The lowest BCUT2D eigenvalue weighted by Gasteiger charge is -2.34. The molecule has 2 aromatic rings. The van der Waals surface area contributed by atoms with E-state index < -0.39 is 11.7 Å². The maximum absolute atomic E-state index is 12.6. The molecule has 1 aromatic heterocycles. The van der Waals surface area contributed by atoms with Gasteiger partial charge in [-0.2, -0.15) is 24.5 Å². The Morgan fingerprint density at radius 2 is 1.88 bits per heavy atom. The zero-order valence-electron chi connectivity index (χ0n) is 14.0. The Labute approximate surface area is 153 Å². The molecule has 0 aliphatic carbocycles. The van der Waals surface area contributed by atoms with Gasteiger partial charge < -0.3 is 10.1 Å². The molecule has 1 saturated heterocycles. The van der Waals surface area contributed by atoms with E-state index >= 15 is 0 Å². The van der Waals surface area contributed by atoms with E-state index in [4.69, 9.17) is 4.74 Å². The van der Waals surface area contributed by atoms with Crippen LogP contribution in [0.25, 0.3) is 0 Å². The van der Waals surface area contributed by atoms with Crippen LogP contribution in [0.5, 0.6) is 0 Å². The first-order chi connectivity index (χ1) is 12.4. The van der Waals surface area contributed by atoms with Gasteiger partial charge in [0.05, 0.1) is 24.8 Å². The van der Waals surface area contributed by atoms with Crippen molar-refractivity contribution in [2.45, 2.75) is 12.2 Å². The van der Waals surface area contributed by atoms with Crippen molar-refractivity contribution in [3.63, 3.8) is 0 Å². The first-order valence-electron chi connectivity index (χ1n) is 8.24. The third kappa shape index (κ3) is 4.63. The van der Waals surface area contributed by atoms with Gasteiger partial charge in [-0.05, 0) is 46.7 Å². The summed E-state index contributed by atoms with van der Waals surface area (Å²) < 4.78 is 43.2. The number of benzene rings is 1. The van der Waals surface area contributed by atoms with Crippen molar-refractivity contribution in [2.75, 3.05) is 32.8 Å². The fourth-order valence-electron chi connectivity index (χ4n) is 2.91. The summed E-state index contributed by atoms with van der Waals surface area (Å²) in [7, 11) is 0. The van der Waals surface area contributed by atoms with Gasteiger partial charge in [-0.3, -0.25) is 9.69 Å². The molecule has 1 aromatic carbocycles. The zero-order valence-corrected chi connectivity index (χ0v) is 14.8. The third-order valence-electron chi connectivity index (χ3n) is 4.34. The number of nitrogens with zero attached hydrogens (tertiary/aromatic N) is 1. The summed E-state index contributed by atoms with van der Waals surface area (Å²) in [5.74, 6) is -0.382. The van der Waals surface area contributed by atoms with Crippen molar-refractivity contribution in [3.05, 3.63) is 57.8 Å². The second-order valence-corrected chi connectivity index (χ2v) is 6.79. The van der Waals surface area contributed by atoms with Crippen molar-refractivity contribution in [2.24, 2.45) is 0 Å². The Morgan fingerprint density at radius 1 is 1.19 bits per heavy atom. The molecule has 1 fully saturated rings. The number of amides is 1. The van der Waals surface area contributed by atoms with Crippen LogP contribution in [0.15, 0.2) is 41.1 Å². The molecule has 140 valence electrons. The third-order valence-corrected chi connectivity index (χ3v) is 5.05. The fraction of sp³-hybridized carbons (Fsp3) is 0.389. The lowest BCUT2D eigenvalue weighted by molar-refractivity contribution is -0.137. The van der Waals surface area contributed by atoms with Crippen LogP contribution < -0.4 is 5.32 Å². The normalized spacial score (nSPS) is 17.0. The van der Waals surface area contributed by atoms with Crippen LogP contribution in [0.1, 0.15) is 27.5 Å². The average molecular weight is 384 g/mol. The van der Waals surface area contributed by atoms with Gasteiger partial charge in [0, 0.05) is 25.2 Å². The minimum absolute atomic E-state index is 0.0172. The van der Waals surface area contributed by atoms with Crippen molar-refractivity contribution < 1.29 is 22.7 Å². The molecule has 0 spiro atoms. The Hall–Kier alpha value is -1.90. The predicted molar refractivity (Wildman–Crippen MR) is 93.2 cm³/mol. The molecule has 3 rings (SSSR count). The van der Waals surface area contributed by atoms with Crippen LogP contribution >= 0.6 is 11.3 Å². The summed E-state index contributed by atoms with van der Waals surface area (Å²) in [4.78, 5) is 14.6. The van der Waals surface area contributed by atoms with E-state index in [1.807, 2.05) is 16.8 Å². The van der Waals surface area contributed by atoms with Gasteiger partial charge in [0.1, 0.15) is 0 Å². The second-order valence-electron chi connectivity index (χ2n) is 6.01. The van der Waals surface area contributed by atoms with E-state index in [-0.39, 0.29) is 17.5 Å². The highest BCUT2D eigenvalue weighted by Gasteiger charge is 2.30. The molecule has 1 aliphatic rings. The molecule has 1 N–H and O–H groups in total. The van der Waals surface area contributed by atoms with Crippen LogP contribution in [0.4, 0.5) is 13.2 Å². The minimum atomic E-state index is -4.41. The van der Waals surface area contributed by atoms with Crippen molar-refractivity contribution >= 4 is 17.2 Å². The number of carbonyl (C=O) groups excluding carboxylic acids is 1. The van der Waals surface area contributed by atoms with Gasteiger partial charge in [0.25, 0.3) is 5.91 Å². The van der Waals surface area contributed by atoms with Crippen molar-refractivity contribution in [1.29, 1.82) is 0 Å².